The van der Waals surface area contributed by atoms with Crippen molar-refractivity contribution < 1.29 is 19.4 Å². The van der Waals surface area contributed by atoms with E-state index in [0.29, 0.717) is 10.9 Å². The van der Waals surface area contributed by atoms with E-state index in [1.807, 2.05) is 37.3 Å². The Morgan fingerprint density at radius 1 is 1.15 bits per heavy atom. The van der Waals surface area contributed by atoms with Crippen molar-refractivity contribution >= 4 is 16.9 Å². The maximum atomic E-state index is 12.4. The Labute approximate surface area is 149 Å². The van der Waals surface area contributed by atoms with Gasteiger partial charge in [-0.05, 0) is 37.1 Å². The number of hydrogen-bond donors (Lipinski definition) is 3. The summed E-state index contributed by atoms with van der Waals surface area (Å²) in [6, 6.07) is 12.2. The highest BCUT2D eigenvalue weighted by Gasteiger charge is 2.19. The topological polar surface area (TPSA) is 99.8 Å². The highest BCUT2D eigenvalue weighted by molar-refractivity contribution is 5.89. The summed E-state index contributed by atoms with van der Waals surface area (Å²) in [6.45, 7) is 3.54. The molecule has 1 heterocycles. The predicted molar refractivity (Wildman–Crippen MR) is 97.3 cm³/mol. The van der Waals surface area contributed by atoms with Crippen molar-refractivity contribution in [3.63, 3.8) is 0 Å². The van der Waals surface area contributed by atoms with E-state index in [9.17, 15) is 19.8 Å². The van der Waals surface area contributed by atoms with Crippen LogP contribution < -0.4 is 10.9 Å². The van der Waals surface area contributed by atoms with Gasteiger partial charge in [0.15, 0.2) is 11.3 Å². The van der Waals surface area contributed by atoms with Crippen LogP contribution in [0.15, 0.2) is 51.7 Å². The Kier molecular flexibility index (Phi) is 4.67. The minimum Gasteiger partial charge on any atom is -0.504 e. The van der Waals surface area contributed by atoms with E-state index in [-0.39, 0.29) is 35.3 Å². The van der Waals surface area contributed by atoms with E-state index in [1.165, 1.54) is 12.1 Å². The van der Waals surface area contributed by atoms with Crippen LogP contribution in [0.1, 0.15) is 29.7 Å². The molecule has 0 aliphatic rings. The van der Waals surface area contributed by atoms with Gasteiger partial charge < -0.3 is 19.9 Å². The molecule has 3 rings (SSSR count). The molecule has 0 radical (unpaired) electrons. The van der Waals surface area contributed by atoms with Gasteiger partial charge in [0.1, 0.15) is 0 Å². The number of rotatable bonds is 4. The highest BCUT2D eigenvalue weighted by atomic mass is 16.4. The number of carbonyl (C=O) groups is 1. The van der Waals surface area contributed by atoms with E-state index >= 15 is 0 Å². The van der Waals surface area contributed by atoms with Crippen molar-refractivity contribution in [2.24, 2.45) is 0 Å². The van der Waals surface area contributed by atoms with E-state index < -0.39 is 11.4 Å². The number of phenolic OH excluding ortho intramolecular Hbond substituents is 2. The van der Waals surface area contributed by atoms with Crippen molar-refractivity contribution in [1.29, 1.82) is 0 Å². The first kappa shape index (κ1) is 17.5. The van der Waals surface area contributed by atoms with Gasteiger partial charge in [0, 0.05) is 5.39 Å². The fourth-order valence-electron chi connectivity index (χ4n) is 2.91. The fourth-order valence-corrected chi connectivity index (χ4v) is 2.91. The maximum absolute atomic E-state index is 12.4. The Bertz CT molecular complexity index is 1020. The molecule has 26 heavy (non-hydrogen) atoms. The van der Waals surface area contributed by atoms with Crippen molar-refractivity contribution in [3.8, 4) is 11.5 Å². The molecule has 0 spiro atoms. The summed E-state index contributed by atoms with van der Waals surface area (Å²) < 4.78 is 5.13. The van der Waals surface area contributed by atoms with Crippen LogP contribution in [-0.2, 0) is 11.2 Å². The van der Waals surface area contributed by atoms with Gasteiger partial charge in [-0.3, -0.25) is 4.79 Å². The quantitative estimate of drug-likeness (QED) is 0.495. The Morgan fingerprint density at radius 2 is 1.85 bits per heavy atom. The molecule has 0 bridgehead atoms. The number of amides is 1. The predicted octanol–water partition coefficient (Wildman–Crippen LogP) is 2.93. The zero-order valence-electron chi connectivity index (χ0n) is 14.4. The summed E-state index contributed by atoms with van der Waals surface area (Å²) in [5.41, 5.74) is 0.922. The maximum Gasteiger partial charge on any atom is 0.340 e. The minimum atomic E-state index is -0.710. The second-order valence-corrected chi connectivity index (χ2v) is 6.18. The molecule has 2 aromatic carbocycles. The number of aromatic hydroxyl groups is 2. The van der Waals surface area contributed by atoms with Crippen molar-refractivity contribution in [1.82, 2.24) is 5.32 Å². The lowest BCUT2D eigenvalue weighted by molar-refractivity contribution is -0.121. The number of nitrogens with one attached hydrogen (secondary N) is 1. The first-order valence-electron chi connectivity index (χ1n) is 8.20. The number of carbonyl (C=O) groups excluding carboxylic acids is 1. The molecule has 0 saturated carbocycles. The van der Waals surface area contributed by atoms with Crippen LogP contribution in [0.5, 0.6) is 11.5 Å². The van der Waals surface area contributed by atoms with Crippen LogP contribution in [0.2, 0.25) is 0 Å². The molecule has 3 N–H and O–H groups in total. The highest BCUT2D eigenvalue weighted by Crippen LogP contribution is 2.34. The minimum absolute atomic E-state index is 0.0886. The largest absolute Gasteiger partial charge is 0.504 e. The third-order valence-electron chi connectivity index (χ3n) is 4.42. The molecule has 0 aliphatic heterocycles. The second-order valence-electron chi connectivity index (χ2n) is 6.18. The molecule has 1 aromatic heterocycles. The van der Waals surface area contributed by atoms with E-state index in [2.05, 4.69) is 5.32 Å². The smallest absolute Gasteiger partial charge is 0.340 e. The lowest BCUT2D eigenvalue weighted by Gasteiger charge is -2.15. The van der Waals surface area contributed by atoms with Crippen molar-refractivity contribution in [2.45, 2.75) is 26.3 Å². The lowest BCUT2D eigenvalue weighted by Crippen LogP contribution is -2.30. The summed E-state index contributed by atoms with van der Waals surface area (Å²) in [6.07, 6.45) is -0.136. The van der Waals surface area contributed by atoms with Gasteiger partial charge in [-0.15, -0.1) is 0 Å². The molecule has 6 heteroatoms. The molecule has 0 saturated heterocycles. The average molecular weight is 353 g/mol. The third kappa shape index (κ3) is 3.26. The zero-order chi connectivity index (χ0) is 18.8. The van der Waals surface area contributed by atoms with Gasteiger partial charge in [0.05, 0.1) is 18.0 Å². The van der Waals surface area contributed by atoms with Crippen molar-refractivity contribution in [3.05, 3.63) is 69.6 Å². The van der Waals surface area contributed by atoms with Crippen LogP contribution >= 0.6 is 0 Å². The van der Waals surface area contributed by atoms with E-state index in [0.717, 1.165) is 5.56 Å². The Morgan fingerprint density at radius 3 is 2.54 bits per heavy atom. The molecule has 0 aliphatic carbocycles. The summed E-state index contributed by atoms with van der Waals surface area (Å²) in [5, 5.41) is 22.7. The average Bonchev–Trinajstić information content (AvgIpc) is 2.63. The molecule has 1 amide bonds. The number of aryl methyl sites for hydroxylation is 1. The first-order valence-corrected chi connectivity index (χ1v) is 8.20. The van der Waals surface area contributed by atoms with Gasteiger partial charge >= 0.3 is 5.63 Å². The van der Waals surface area contributed by atoms with Gasteiger partial charge in [-0.1, -0.05) is 30.3 Å². The number of hydrogen-bond acceptors (Lipinski definition) is 5. The number of benzene rings is 2. The van der Waals surface area contributed by atoms with Gasteiger partial charge in [-0.2, -0.15) is 0 Å². The molecule has 0 fully saturated rings. The van der Waals surface area contributed by atoms with E-state index in [4.69, 9.17) is 4.42 Å². The van der Waals surface area contributed by atoms with Crippen LogP contribution in [0.25, 0.3) is 11.0 Å². The molecule has 1 atom stereocenters. The molecule has 134 valence electrons. The standard InChI is InChI=1S/C20H19NO5/c1-11-14-8-9-16(22)18(24)19(14)26-20(25)15(11)10-17(23)21-12(2)13-6-4-3-5-7-13/h3-9,12,22,24H,10H2,1-2H3,(H,21,23)/t12-/m1/s1. The summed E-state index contributed by atoms with van der Waals surface area (Å²) in [4.78, 5) is 24.6. The van der Waals surface area contributed by atoms with Gasteiger partial charge in [0.25, 0.3) is 0 Å². The van der Waals surface area contributed by atoms with Crippen LogP contribution in [0.3, 0.4) is 0 Å². The third-order valence-corrected chi connectivity index (χ3v) is 4.42. The number of fused-ring (bicyclic) bond motifs is 1. The normalized spacial score (nSPS) is 12.1. The van der Waals surface area contributed by atoms with Gasteiger partial charge in [-0.25, -0.2) is 4.79 Å². The zero-order valence-corrected chi connectivity index (χ0v) is 14.4. The van der Waals surface area contributed by atoms with Crippen molar-refractivity contribution in [2.75, 3.05) is 0 Å². The summed E-state index contributed by atoms with van der Waals surface area (Å²) >= 11 is 0. The van der Waals surface area contributed by atoms with Crippen LogP contribution in [0.4, 0.5) is 0 Å². The van der Waals surface area contributed by atoms with Gasteiger partial charge in [0.2, 0.25) is 11.7 Å². The van der Waals surface area contributed by atoms with E-state index in [1.54, 1.807) is 6.92 Å². The SMILES string of the molecule is Cc1c(CC(=O)N[C@H](C)c2ccccc2)c(=O)oc2c(O)c(O)ccc12. The second kappa shape index (κ2) is 6.92. The monoisotopic (exact) mass is 353 g/mol. The molecular weight excluding hydrogens is 334 g/mol. The fraction of sp³-hybridized carbons (Fsp3) is 0.200. The summed E-state index contributed by atoms with van der Waals surface area (Å²) in [5.74, 6) is -1.17. The molecule has 0 unspecified atom stereocenters. The Balaban J connectivity index is 1.88. The first-order chi connectivity index (χ1) is 12.4. The molecular formula is C20H19NO5. The molecule has 3 aromatic rings. The Hall–Kier alpha value is -3.28. The van der Waals surface area contributed by atoms with Crippen LogP contribution in [-0.4, -0.2) is 16.1 Å². The summed E-state index contributed by atoms with van der Waals surface area (Å²) in [7, 11) is 0. The lowest BCUT2D eigenvalue weighted by atomic mass is 10.0. The van der Waals surface area contributed by atoms with Crippen LogP contribution in [0, 0.1) is 6.92 Å². The number of phenols is 2. The molecule has 6 nitrogen and oxygen atoms in total.